The Bertz CT molecular complexity index is 350. The number of aromatic nitrogens is 2. The highest BCUT2D eigenvalue weighted by atomic mass is 19.4. The third-order valence-corrected chi connectivity index (χ3v) is 2.37. The number of nitrogens with zero attached hydrogens (tertiary/aromatic N) is 3. The second-order valence-electron chi connectivity index (χ2n) is 3.93. The van der Waals surface area contributed by atoms with Crippen LogP contribution < -0.4 is 10.2 Å². The van der Waals surface area contributed by atoms with Crippen molar-refractivity contribution in [1.82, 2.24) is 15.3 Å². The Labute approximate surface area is 104 Å². The second kappa shape index (κ2) is 6.53. The lowest BCUT2D eigenvalue weighted by molar-refractivity contribution is -0.132. The van der Waals surface area contributed by atoms with Crippen molar-refractivity contribution in [3.63, 3.8) is 0 Å². The first-order chi connectivity index (χ1) is 8.42. The first-order valence-corrected chi connectivity index (χ1v) is 5.72. The monoisotopic (exact) mass is 262 g/mol. The van der Waals surface area contributed by atoms with Crippen molar-refractivity contribution in [1.29, 1.82) is 0 Å². The van der Waals surface area contributed by atoms with Crippen molar-refractivity contribution in [2.45, 2.75) is 26.1 Å². The smallest absolute Gasteiger partial charge is 0.358 e. The van der Waals surface area contributed by atoms with Gasteiger partial charge in [-0.2, -0.15) is 13.2 Å². The summed E-state index contributed by atoms with van der Waals surface area (Å²) in [5, 5.41) is 3.09. The van der Waals surface area contributed by atoms with Gasteiger partial charge in [0.1, 0.15) is 5.82 Å². The summed E-state index contributed by atoms with van der Waals surface area (Å²) in [5.41, 5.74) is 0.768. The third kappa shape index (κ3) is 5.31. The van der Waals surface area contributed by atoms with Crippen molar-refractivity contribution >= 4 is 5.82 Å². The van der Waals surface area contributed by atoms with Gasteiger partial charge >= 0.3 is 6.18 Å². The van der Waals surface area contributed by atoms with E-state index < -0.39 is 12.6 Å². The van der Waals surface area contributed by atoms with Gasteiger partial charge in [0, 0.05) is 20.1 Å². The predicted molar refractivity (Wildman–Crippen MR) is 63.4 cm³/mol. The summed E-state index contributed by atoms with van der Waals surface area (Å²) in [6.07, 6.45) is -1.94. The molecule has 7 heteroatoms. The van der Waals surface area contributed by atoms with E-state index in [9.17, 15) is 13.2 Å². The molecule has 0 bridgehead atoms. The first-order valence-electron chi connectivity index (χ1n) is 5.72. The predicted octanol–water partition coefficient (Wildman–Crippen LogP) is 1.97. The molecule has 0 atom stereocenters. The summed E-state index contributed by atoms with van der Waals surface area (Å²) >= 11 is 0. The molecule has 0 spiro atoms. The van der Waals surface area contributed by atoms with E-state index in [0.717, 1.165) is 12.2 Å². The zero-order chi connectivity index (χ0) is 13.6. The van der Waals surface area contributed by atoms with Gasteiger partial charge in [-0.25, -0.2) is 4.98 Å². The summed E-state index contributed by atoms with van der Waals surface area (Å²) in [5.74, 6) is 0.444. The van der Waals surface area contributed by atoms with Crippen LogP contribution in [-0.2, 0) is 6.54 Å². The van der Waals surface area contributed by atoms with Crippen molar-refractivity contribution in [2.75, 3.05) is 25.0 Å². The number of halogens is 3. The molecule has 0 unspecified atom stereocenters. The Morgan fingerprint density at radius 2 is 2.00 bits per heavy atom. The highest BCUT2D eigenvalue weighted by Gasteiger charge is 2.27. The maximum absolute atomic E-state index is 12.1. The third-order valence-electron chi connectivity index (χ3n) is 2.37. The molecule has 0 saturated heterocycles. The van der Waals surface area contributed by atoms with Crippen LogP contribution >= 0.6 is 0 Å². The summed E-state index contributed by atoms with van der Waals surface area (Å²) in [7, 11) is 1.57. The van der Waals surface area contributed by atoms with Crippen molar-refractivity contribution < 1.29 is 13.2 Å². The Morgan fingerprint density at radius 1 is 1.28 bits per heavy atom. The van der Waals surface area contributed by atoms with E-state index in [2.05, 4.69) is 15.3 Å². The van der Waals surface area contributed by atoms with Gasteiger partial charge in [-0.05, 0) is 6.54 Å². The highest BCUT2D eigenvalue weighted by Crippen LogP contribution is 2.20. The maximum Gasteiger partial charge on any atom is 0.390 e. The van der Waals surface area contributed by atoms with Gasteiger partial charge in [0.15, 0.2) is 0 Å². The molecule has 0 aliphatic rings. The Morgan fingerprint density at radius 3 is 2.50 bits per heavy atom. The standard InChI is InChI=1S/C11H17F3N4/c1-3-15-6-9-7-17-10(8-16-9)18(2)5-4-11(12,13)14/h7-8,15H,3-6H2,1-2H3. The lowest BCUT2D eigenvalue weighted by Crippen LogP contribution is -2.25. The average molecular weight is 262 g/mol. The minimum absolute atomic E-state index is 0.120. The van der Waals surface area contributed by atoms with Gasteiger partial charge in [0.2, 0.25) is 0 Å². The minimum Gasteiger partial charge on any atom is -0.358 e. The van der Waals surface area contributed by atoms with Crippen LogP contribution in [-0.4, -0.2) is 36.3 Å². The lowest BCUT2D eigenvalue weighted by Gasteiger charge is -2.18. The number of alkyl halides is 3. The quantitative estimate of drug-likeness (QED) is 0.851. The van der Waals surface area contributed by atoms with Gasteiger partial charge in [-0.3, -0.25) is 4.98 Å². The average Bonchev–Trinajstić information content (AvgIpc) is 2.33. The number of anilines is 1. The topological polar surface area (TPSA) is 41.1 Å². The zero-order valence-corrected chi connectivity index (χ0v) is 10.5. The fraction of sp³-hybridized carbons (Fsp3) is 0.636. The lowest BCUT2D eigenvalue weighted by atomic mass is 10.4. The van der Waals surface area contributed by atoms with E-state index in [-0.39, 0.29) is 6.54 Å². The molecule has 0 radical (unpaired) electrons. The van der Waals surface area contributed by atoms with Crippen molar-refractivity contribution in [2.24, 2.45) is 0 Å². The highest BCUT2D eigenvalue weighted by molar-refractivity contribution is 5.34. The van der Waals surface area contributed by atoms with Gasteiger partial charge < -0.3 is 10.2 Å². The minimum atomic E-state index is -4.15. The van der Waals surface area contributed by atoms with Crippen molar-refractivity contribution in [3.05, 3.63) is 18.1 Å². The van der Waals surface area contributed by atoms with Crippen LogP contribution in [0.15, 0.2) is 12.4 Å². The van der Waals surface area contributed by atoms with E-state index in [4.69, 9.17) is 0 Å². The maximum atomic E-state index is 12.1. The molecule has 1 heterocycles. The van der Waals surface area contributed by atoms with Crippen molar-refractivity contribution in [3.8, 4) is 0 Å². The van der Waals surface area contributed by atoms with Crippen LogP contribution in [0.5, 0.6) is 0 Å². The first kappa shape index (κ1) is 14.7. The van der Waals surface area contributed by atoms with Crippen LogP contribution in [0.4, 0.5) is 19.0 Å². The Hall–Kier alpha value is -1.37. The zero-order valence-electron chi connectivity index (χ0n) is 10.5. The molecular formula is C11H17F3N4. The molecule has 0 amide bonds. The van der Waals surface area contributed by atoms with Gasteiger partial charge in [-0.15, -0.1) is 0 Å². The molecule has 0 aromatic carbocycles. The largest absolute Gasteiger partial charge is 0.390 e. The number of hydrogen-bond donors (Lipinski definition) is 1. The second-order valence-corrected chi connectivity index (χ2v) is 3.93. The molecule has 18 heavy (non-hydrogen) atoms. The van der Waals surface area contributed by atoms with E-state index in [0.29, 0.717) is 12.4 Å². The molecule has 0 fully saturated rings. The molecule has 0 aliphatic carbocycles. The normalized spacial score (nSPS) is 11.6. The van der Waals surface area contributed by atoms with Crippen LogP contribution in [0, 0.1) is 0 Å². The summed E-state index contributed by atoms with van der Waals surface area (Å²) < 4.78 is 36.2. The fourth-order valence-electron chi connectivity index (χ4n) is 1.30. The summed E-state index contributed by atoms with van der Waals surface area (Å²) in [4.78, 5) is 9.66. The number of nitrogens with one attached hydrogen (secondary N) is 1. The van der Waals surface area contributed by atoms with E-state index >= 15 is 0 Å². The Balaban J connectivity index is 2.51. The molecule has 4 nitrogen and oxygen atoms in total. The number of hydrogen-bond acceptors (Lipinski definition) is 4. The molecule has 1 N–H and O–H groups in total. The van der Waals surface area contributed by atoms with E-state index in [1.54, 1.807) is 13.2 Å². The molecule has 0 saturated carbocycles. The molecule has 1 aromatic rings. The molecule has 102 valence electrons. The van der Waals surface area contributed by atoms with Crippen LogP contribution in [0.2, 0.25) is 0 Å². The fourth-order valence-corrected chi connectivity index (χ4v) is 1.30. The van der Waals surface area contributed by atoms with Gasteiger partial charge in [0.05, 0.1) is 24.5 Å². The molecular weight excluding hydrogens is 245 g/mol. The van der Waals surface area contributed by atoms with E-state index in [1.165, 1.54) is 11.1 Å². The Kier molecular flexibility index (Phi) is 5.33. The number of rotatable bonds is 6. The summed E-state index contributed by atoms with van der Waals surface area (Å²) in [6, 6.07) is 0. The van der Waals surface area contributed by atoms with Gasteiger partial charge in [0.25, 0.3) is 0 Å². The van der Waals surface area contributed by atoms with Gasteiger partial charge in [-0.1, -0.05) is 6.92 Å². The van der Waals surface area contributed by atoms with E-state index in [1.807, 2.05) is 6.92 Å². The van der Waals surface area contributed by atoms with Crippen LogP contribution in [0.1, 0.15) is 19.0 Å². The molecule has 1 rings (SSSR count). The van der Waals surface area contributed by atoms with Crippen LogP contribution in [0.25, 0.3) is 0 Å². The summed E-state index contributed by atoms with van der Waals surface area (Å²) in [6.45, 7) is 3.29. The SMILES string of the molecule is CCNCc1cnc(N(C)CCC(F)(F)F)cn1. The molecule has 0 aliphatic heterocycles. The van der Waals surface area contributed by atoms with Crippen LogP contribution in [0.3, 0.4) is 0 Å². The molecule has 1 aromatic heterocycles.